The molecule has 0 aromatic heterocycles. The third-order valence-electron chi connectivity index (χ3n) is 3.85. The molecule has 0 bridgehead atoms. The monoisotopic (exact) mass is 273 g/mol. The van der Waals surface area contributed by atoms with Crippen LogP contribution in [0.25, 0.3) is 0 Å². The van der Waals surface area contributed by atoms with Crippen molar-refractivity contribution < 1.29 is 0 Å². The first kappa shape index (κ1) is 17.0. The van der Waals surface area contributed by atoms with Gasteiger partial charge in [0.1, 0.15) is 0 Å². The van der Waals surface area contributed by atoms with Crippen molar-refractivity contribution in [3.05, 3.63) is 48.6 Å². The second kappa shape index (κ2) is 8.97. The Bertz CT molecular complexity index is 367. The van der Waals surface area contributed by atoms with Crippen molar-refractivity contribution in [2.45, 2.75) is 70.9 Å². The highest BCUT2D eigenvalue weighted by Crippen LogP contribution is 2.22. The molecular formula is C19H31N. The van der Waals surface area contributed by atoms with Crippen LogP contribution in [0, 0.1) is 0 Å². The van der Waals surface area contributed by atoms with Gasteiger partial charge in [0.15, 0.2) is 0 Å². The first-order chi connectivity index (χ1) is 9.59. The van der Waals surface area contributed by atoms with E-state index in [1.54, 1.807) is 0 Å². The van der Waals surface area contributed by atoms with Gasteiger partial charge in [0.2, 0.25) is 0 Å². The van der Waals surface area contributed by atoms with E-state index < -0.39 is 0 Å². The summed E-state index contributed by atoms with van der Waals surface area (Å²) in [4.78, 5) is 0. The van der Waals surface area contributed by atoms with Crippen molar-refractivity contribution in [3.8, 4) is 0 Å². The van der Waals surface area contributed by atoms with Gasteiger partial charge < -0.3 is 5.32 Å². The highest BCUT2D eigenvalue weighted by Gasteiger charge is 2.20. The fraction of sp³-hybridized carbons (Fsp3) is 0.579. The van der Waals surface area contributed by atoms with Crippen LogP contribution >= 0.6 is 0 Å². The zero-order chi connectivity index (χ0) is 14.8. The molecule has 0 radical (unpaired) electrons. The highest BCUT2D eigenvalue weighted by molar-refractivity contribution is 5.22. The van der Waals surface area contributed by atoms with E-state index in [-0.39, 0.29) is 11.6 Å². The van der Waals surface area contributed by atoms with Gasteiger partial charge in [-0.3, -0.25) is 0 Å². The summed E-state index contributed by atoms with van der Waals surface area (Å²) >= 11 is 0. The van der Waals surface area contributed by atoms with Gasteiger partial charge in [-0.2, -0.15) is 0 Å². The molecule has 0 saturated heterocycles. The molecule has 1 aromatic carbocycles. The second-order valence-corrected chi connectivity index (χ2v) is 6.32. The van der Waals surface area contributed by atoms with Crippen molar-refractivity contribution in [2.24, 2.45) is 0 Å². The fourth-order valence-electron chi connectivity index (χ4n) is 2.60. The lowest BCUT2D eigenvalue weighted by Crippen LogP contribution is -2.41. The molecule has 20 heavy (non-hydrogen) atoms. The van der Waals surface area contributed by atoms with Crippen LogP contribution in [0.1, 0.15) is 70.9 Å². The molecule has 1 unspecified atom stereocenters. The summed E-state index contributed by atoms with van der Waals surface area (Å²) in [7, 11) is 0. The standard InChI is InChI=1S/C19H31N/c1-5-7-8-9-13-16-19(3,4)20-18(6-2)17-14-11-10-12-15-17/h6,10-12,14-15,18,20H,2,5,7-9,13,16H2,1,3-4H3. The van der Waals surface area contributed by atoms with Gasteiger partial charge in [-0.1, -0.05) is 75.4 Å². The van der Waals surface area contributed by atoms with E-state index in [4.69, 9.17) is 0 Å². The van der Waals surface area contributed by atoms with Crippen molar-refractivity contribution >= 4 is 0 Å². The van der Waals surface area contributed by atoms with Gasteiger partial charge in [-0.25, -0.2) is 0 Å². The van der Waals surface area contributed by atoms with E-state index in [1.165, 1.54) is 44.1 Å². The van der Waals surface area contributed by atoms with Crippen molar-refractivity contribution in [2.75, 3.05) is 0 Å². The summed E-state index contributed by atoms with van der Waals surface area (Å²) in [5, 5.41) is 3.73. The van der Waals surface area contributed by atoms with Crippen LogP contribution in [0.2, 0.25) is 0 Å². The Morgan fingerprint density at radius 2 is 1.75 bits per heavy atom. The Morgan fingerprint density at radius 1 is 1.10 bits per heavy atom. The Labute approximate surface area is 125 Å². The number of rotatable bonds is 10. The maximum absolute atomic E-state index is 3.98. The van der Waals surface area contributed by atoms with Crippen molar-refractivity contribution in [3.63, 3.8) is 0 Å². The van der Waals surface area contributed by atoms with E-state index in [0.29, 0.717) is 0 Å². The molecule has 1 N–H and O–H groups in total. The number of hydrogen-bond acceptors (Lipinski definition) is 1. The molecule has 0 fully saturated rings. The smallest absolute Gasteiger partial charge is 0.0507 e. The Balaban J connectivity index is 2.44. The van der Waals surface area contributed by atoms with Crippen LogP contribution in [-0.2, 0) is 0 Å². The van der Waals surface area contributed by atoms with E-state index in [0.717, 1.165) is 0 Å². The number of hydrogen-bond donors (Lipinski definition) is 1. The molecule has 0 aliphatic heterocycles. The lowest BCUT2D eigenvalue weighted by molar-refractivity contribution is 0.327. The first-order valence-corrected chi connectivity index (χ1v) is 8.04. The molecule has 0 heterocycles. The molecule has 0 amide bonds. The van der Waals surface area contributed by atoms with E-state index in [9.17, 15) is 0 Å². The van der Waals surface area contributed by atoms with Crippen molar-refractivity contribution in [1.82, 2.24) is 5.32 Å². The summed E-state index contributed by atoms with van der Waals surface area (Å²) in [5.41, 5.74) is 1.45. The molecule has 0 spiro atoms. The maximum atomic E-state index is 3.98. The molecule has 1 atom stereocenters. The molecule has 0 aliphatic rings. The van der Waals surface area contributed by atoms with Crippen LogP contribution in [0.4, 0.5) is 0 Å². The summed E-state index contributed by atoms with van der Waals surface area (Å²) < 4.78 is 0. The van der Waals surface area contributed by atoms with Gasteiger partial charge in [0.25, 0.3) is 0 Å². The number of benzene rings is 1. The minimum absolute atomic E-state index is 0.154. The van der Waals surface area contributed by atoms with Crippen LogP contribution in [0.15, 0.2) is 43.0 Å². The highest BCUT2D eigenvalue weighted by atomic mass is 15.0. The number of nitrogens with one attached hydrogen (secondary N) is 1. The zero-order valence-corrected chi connectivity index (χ0v) is 13.5. The Kier molecular flexibility index (Phi) is 7.61. The molecule has 1 aromatic rings. The van der Waals surface area contributed by atoms with Crippen LogP contribution < -0.4 is 5.32 Å². The normalized spacial score (nSPS) is 13.2. The molecule has 112 valence electrons. The average molecular weight is 273 g/mol. The van der Waals surface area contributed by atoms with E-state index in [2.05, 4.69) is 63.0 Å². The summed E-state index contributed by atoms with van der Waals surface area (Å²) in [6.45, 7) is 10.8. The summed E-state index contributed by atoms with van der Waals surface area (Å²) in [6, 6.07) is 10.8. The SMILES string of the molecule is C=CC(NC(C)(C)CCCCCCC)c1ccccc1. The predicted octanol–water partition coefficient (Wildman–Crippen LogP) is 5.64. The van der Waals surface area contributed by atoms with Gasteiger partial charge >= 0.3 is 0 Å². The fourth-order valence-corrected chi connectivity index (χ4v) is 2.60. The Morgan fingerprint density at radius 3 is 2.35 bits per heavy atom. The third-order valence-corrected chi connectivity index (χ3v) is 3.85. The van der Waals surface area contributed by atoms with Gasteiger partial charge in [-0.15, -0.1) is 6.58 Å². The molecular weight excluding hydrogens is 242 g/mol. The molecule has 0 aliphatic carbocycles. The minimum Gasteiger partial charge on any atom is -0.302 e. The van der Waals surface area contributed by atoms with Crippen LogP contribution in [0.3, 0.4) is 0 Å². The lowest BCUT2D eigenvalue weighted by atomic mass is 9.93. The maximum Gasteiger partial charge on any atom is 0.0507 e. The Hall–Kier alpha value is -1.08. The molecule has 1 rings (SSSR count). The summed E-state index contributed by atoms with van der Waals surface area (Å²) in [6.07, 6.45) is 9.93. The predicted molar refractivity (Wildman–Crippen MR) is 90.0 cm³/mol. The van der Waals surface area contributed by atoms with Gasteiger partial charge in [0.05, 0.1) is 6.04 Å². The van der Waals surface area contributed by atoms with Crippen molar-refractivity contribution in [1.29, 1.82) is 0 Å². The van der Waals surface area contributed by atoms with Gasteiger partial charge in [-0.05, 0) is 25.8 Å². The molecule has 1 heteroatoms. The van der Waals surface area contributed by atoms with Gasteiger partial charge in [0, 0.05) is 5.54 Å². The minimum atomic E-state index is 0.154. The molecule has 0 saturated carbocycles. The van der Waals surface area contributed by atoms with Crippen LogP contribution in [0.5, 0.6) is 0 Å². The largest absolute Gasteiger partial charge is 0.302 e. The molecule has 1 nitrogen and oxygen atoms in total. The average Bonchev–Trinajstić information content (AvgIpc) is 2.45. The second-order valence-electron chi connectivity index (χ2n) is 6.32. The topological polar surface area (TPSA) is 12.0 Å². The first-order valence-electron chi connectivity index (χ1n) is 8.04. The summed E-state index contributed by atoms with van der Waals surface area (Å²) in [5.74, 6) is 0. The lowest BCUT2D eigenvalue weighted by Gasteiger charge is -2.31. The van der Waals surface area contributed by atoms with E-state index in [1.807, 2.05) is 6.08 Å². The van der Waals surface area contributed by atoms with Crippen LogP contribution in [-0.4, -0.2) is 5.54 Å². The third kappa shape index (κ3) is 6.38. The quantitative estimate of drug-likeness (QED) is 0.429. The number of unbranched alkanes of at least 4 members (excludes halogenated alkanes) is 4. The van der Waals surface area contributed by atoms with E-state index >= 15 is 0 Å². The zero-order valence-electron chi connectivity index (χ0n) is 13.5.